The highest BCUT2D eigenvalue weighted by Gasteiger charge is 2.24. The van der Waals surface area contributed by atoms with Crippen molar-refractivity contribution in [3.63, 3.8) is 0 Å². The lowest BCUT2D eigenvalue weighted by molar-refractivity contribution is -0.131. The molecular weight excluding hydrogens is 457 g/mol. The first kappa shape index (κ1) is 23.6. The number of amides is 2. The van der Waals surface area contributed by atoms with Gasteiger partial charge in [-0.25, -0.2) is 9.37 Å². The minimum Gasteiger partial charge on any atom is -0.368 e. The number of carbonyl (C=O) groups excluding carboxylic acids is 2. The molecule has 1 saturated heterocycles. The monoisotopic (exact) mass is 481 g/mol. The van der Waals surface area contributed by atoms with Crippen molar-refractivity contribution >= 4 is 29.1 Å². The molecule has 3 aromatic rings. The molecule has 0 bridgehead atoms. The van der Waals surface area contributed by atoms with E-state index < -0.39 is 0 Å². The Labute approximate surface area is 202 Å². The molecule has 0 radical (unpaired) electrons. The van der Waals surface area contributed by atoms with E-state index in [1.807, 2.05) is 29.2 Å². The van der Waals surface area contributed by atoms with Crippen LogP contribution in [0.1, 0.15) is 22.5 Å². The smallest absolute Gasteiger partial charge is 0.274 e. The van der Waals surface area contributed by atoms with Crippen LogP contribution in [0.25, 0.3) is 0 Å². The summed E-state index contributed by atoms with van der Waals surface area (Å²) in [6, 6.07) is 13.6. The quantitative estimate of drug-likeness (QED) is 0.515. The summed E-state index contributed by atoms with van der Waals surface area (Å²) in [6.45, 7) is 3.09. The maximum absolute atomic E-state index is 13.3. The molecule has 0 spiro atoms. The van der Waals surface area contributed by atoms with Gasteiger partial charge in [0.2, 0.25) is 5.91 Å². The van der Waals surface area contributed by atoms with E-state index in [1.165, 1.54) is 30.7 Å². The summed E-state index contributed by atoms with van der Waals surface area (Å²) < 4.78 is 13.3. The van der Waals surface area contributed by atoms with Crippen molar-refractivity contribution in [3.05, 3.63) is 89.2 Å². The molecule has 1 aromatic heterocycles. The zero-order valence-electron chi connectivity index (χ0n) is 18.6. The first-order valence-electron chi connectivity index (χ1n) is 11.1. The largest absolute Gasteiger partial charge is 0.368 e. The Balaban J connectivity index is 1.37. The molecule has 1 aliphatic heterocycles. The number of aromatic nitrogens is 2. The van der Waals surface area contributed by atoms with Gasteiger partial charge in [0.25, 0.3) is 5.91 Å². The SMILES string of the molecule is O=C(CCN(Cc1ccc(F)cc1)C(=O)c1cnccn1)N1CCN(c2cccc(Cl)c2)CC1. The molecule has 0 aliphatic carbocycles. The maximum Gasteiger partial charge on any atom is 0.274 e. The van der Waals surface area contributed by atoms with Crippen molar-refractivity contribution in [1.82, 2.24) is 19.8 Å². The number of halogens is 2. The van der Waals surface area contributed by atoms with E-state index in [2.05, 4.69) is 14.9 Å². The number of hydrogen-bond acceptors (Lipinski definition) is 5. The highest BCUT2D eigenvalue weighted by molar-refractivity contribution is 6.30. The van der Waals surface area contributed by atoms with Crippen molar-refractivity contribution in [2.45, 2.75) is 13.0 Å². The third kappa shape index (κ3) is 6.08. The van der Waals surface area contributed by atoms with E-state index in [0.29, 0.717) is 31.2 Å². The maximum atomic E-state index is 13.3. The highest BCUT2D eigenvalue weighted by Crippen LogP contribution is 2.21. The second-order valence-electron chi connectivity index (χ2n) is 8.04. The third-order valence-corrected chi connectivity index (χ3v) is 5.99. The molecule has 2 heterocycles. The van der Waals surface area contributed by atoms with Gasteiger partial charge in [-0.3, -0.25) is 14.6 Å². The van der Waals surface area contributed by atoms with Crippen LogP contribution in [0.15, 0.2) is 67.1 Å². The summed E-state index contributed by atoms with van der Waals surface area (Å²) in [7, 11) is 0. The van der Waals surface area contributed by atoms with Gasteiger partial charge in [-0.1, -0.05) is 29.8 Å². The normalized spacial score (nSPS) is 13.6. The molecule has 2 aromatic carbocycles. The second-order valence-corrected chi connectivity index (χ2v) is 8.48. The van der Waals surface area contributed by atoms with Gasteiger partial charge in [-0.2, -0.15) is 0 Å². The molecule has 34 heavy (non-hydrogen) atoms. The van der Waals surface area contributed by atoms with Crippen LogP contribution in [0.5, 0.6) is 0 Å². The summed E-state index contributed by atoms with van der Waals surface area (Å²) in [4.78, 5) is 39.6. The van der Waals surface area contributed by atoms with Crippen molar-refractivity contribution in [3.8, 4) is 0 Å². The Morgan fingerprint density at radius 1 is 1.03 bits per heavy atom. The first-order valence-corrected chi connectivity index (χ1v) is 11.5. The molecule has 2 amide bonds. The number of piperazine rings is 1. The van der Waals surface area contributed by atoms with Gasteiger partial charge in [0, 0.05) is 68.8 Å². The molecule has 0 N–H and O–H groups in total. The van der Waals surface area contributed by atoms with Crippen molar-refractivity contribution in [2.75, 3.05) is 37.6 Å². The van der Waals surface area contributed by atoms with Gasteiger partial charge < -0.3 is 14.7 Å². The van der Waals surface area contributed by atoms with Crippen molar-refractivity contribution < 1.29 is 14.0 Å². The van der Waals surface area contributed by atoms with Crippen LogP contribution in [-0.2, 0) is 11.3 Å². The van der Waals surface area contributed by atoms with E-state index in [9.17, 15) is 14.0 Å². The van der Waals surface area contributed by atoms with Crippen LogP contribution in [0.3, 0.4) is 0 Å². The summed E-state index contributed by atoms with van der Waals surface area (Å²) in [6.07, 6.45) is 4.53. The van der Waals surface area contributed by atoms with Gasteiger partial charge in [0.15, 0.2) is 0 Å². The fourth-order valence-corrected chi connectivity index (χ4v) is 4.09. The Bertz CT molecular complexity index is 1120. The summed E-state index contributed by atoms with van der Waals surface area (Å²) >= 11 is 6.10. The van der Waals surface area contributed by atoms with Crippen LogP contribution in [0, 0.1) is 5.82 Å². The minimum absolute atomic E-state index is 0.0122. The molecule has 4 rings (SSSR count). The van der Waals surface area contributed by atoms with Gasteiger partial charge in [-0.15, -0.1) is 0 Å². The predicted molar refractivity (Wildman–Crippen MR) is 128 cm³/mol. The molecular formula is C25H25ClFN5O2. The minimum atomic E-state index is -0.345. The Morgan fingerprint density at radius 2 is 1.79 bits per heavy atom. The van der Waals surface area contributed by atoms with E-state index in [-0.39, 0.29) is 42.8 Å². The van der Waals surface area contributed by atoms with E-state index in [1.54, 1.807) is 17.0 Å². The lowest BCUT2D eigenvalue weighted by Gasteiger charge is -2.36. The summed E-state index contributed by atoms with van der Waals surface area (Å²) in [5, 5.41) is 0.685. The molecule has 0 saturated carbocycles. The Hall–Kier alpha value is -3.52. The number of anilines is 1. The van der Waals surface area contributed by atoms with Crippen LogP contribution in [0.4, 0.5) is 10.1 Å². The highest BCUT2D eigenvalue weighted by atomic mass is 35.5. The van der Waals surface area contributed by atoms with Crippen LogP contribution in [0.2, 0.25) is 5.02 Å². The van der Waals surface area contributed by atoms with E-state index in [0.717, 1.165) is 11.3 Å². The standard InChI is InChI=1S/C25H25ClFN5O2/c26-20-2-1-3-22(16-20)30-12-14-31(15-13-30)24(33)8-11-32(18-19-4-6-21(27)7-5-19)25(34)23-17-28-9-10-29-23/h1-7,9-10,16-17H,8,11-15,18H2. The molecule has 1 fully saturated rings. The fraction of sp³-hybridized carbons (Fsp3) is 0.280. The molecule has 0 unspecified atom stereocenters. The first-order chi connectivity index (χ1) is 16.5. The second kappa shape index (κ2) is 11.1. The van der Waals surface area contributed by atoms with Gasteiger partial charge in [-0.05, 0) is 35.9 Å². The number of benzene rings is 2. The third-order valence-electron chi connectivity index (χ3n) is 5.76. The zero-order chi connectivity index (χ0) is 23.9. The zero-order valence-corrected chi connectivity index (χ0v) is 19.4. The lowest BCUT2D eigenvalue weighted by Crippen LogP contribution is -2.49. The molecule has 9 heteroatoms. The van der Waals surface area contributed by atoms with Gasteiger partial charge in [0.1, 0.15) is 11.5 Å². The van der Waals surface area contributed by atoms with Gasteiger partial charge >= 0.3 is 0 Å². The molecule has 7 nitrogen and oxygen atoms in total. The average Bonchev–Trinajstić information content (AvgIpc) is 2.87. The van der Waals surface area contributed by atoms with Crippen molar-refractivity contribution in [1.29, 1.82) is 0 Å². The molecule has 0 atom stereocenters. The topological polar surface area (TPSA) is 69.6 Å². The summed E-state index contributed by atoms with van der Waals surface area (Å²) in [5.41, 5.74) is 2.01. The summed E-state index contributed by atoms with van der Waals surface area (Å²) in [5.74, 6) is -0.680. The van der Waals surface area contributed by atoms with Crippen LogP contribution in [-0.4, -0.2) is 64.3 Å². The number of hydrogen-bond donors (Lipinski definition) is 0. The van der Waals surface area contributed by atoms with Gasteiger partial charge in [0.05, 0.1) is 6.20 Å². The van der Waals surface area contributed by atoms with E-state index in [4.69, 9.17) is 11.6 Å². The van der Waals surface area contributed by atoms with Crippen LogP contribution >= 0.6 is 11.6 Å². The molecule has 1 aliphatic rings. The fourth-order valence-electron chi connectivity index (χ4n) is 3.91. The van der Waals surface area contributed by atoms with E-state index >= 15 is 0 Å². The van der Waals surface area contributed by atoms with Crippen molar-refractivity contribution in [2.24, 2.45) is 0 Å². The predicted octanol–water partition coefficient (Wildman–Crippen LogP) is 3.65. The number of rotatable bonds is 7. The Kier molecular flexibility index (Phi) is 7.69. The lowest BCUT2D eigenvalue weighted by atomic mass is 10.2. The molecule has 176 valence electrons. The number of carbonyl (C=O) groups is 2. The van der Waals surface area contributed by atoms with Crippen LogP contribution < -0.4 is 4.90 Å². The average molecular weight is 482 g/mol. The number of nitrogens with zero attached hydrogens (tertiary/aromatic N) is 5. The Morgan fingerprint density at radius 3 is 2.47 bits per heavy atom.